The Morgan fingerprint density at radius 1 is 1.56 bits per heavy atom. The number of halogens is 1. The largest absolute Gasteiger partial charge is 0.481 e. The van der Waals surface area contributed by atoms with E-state index in [-0.39, 0.29) is 18.3 Å². The molecule has 3 nitrogen and oxygen atoms in total. The van der Waals surface area contributed by atoms with E-state index in [2.05, 4.69) is 11.8 Å². The first-order chi connectivity index (χ1) is 8.58. The van der Waals surface area contributed by atoms with Gasteiger partial charge in [0.1, 0.15) is 5.82 Å². The summed E-state index contributed by atoms with van der Waals surface area (Å²) in [5.74, 6) is -0.585. The highest BCUT2D eigenvalue weighted by Gasteiger charge is 2.32. The van der Waals surface area contributed by atoms with E-state index in [9.17, 15) is 9.18 Å². The summed E-state index contributed by atoms with van der Waals surface area (Å²) in [4.78, 5) is 12.8. The van der Waals surface area contributed by atoms with Gasteiger partial charge in [0.05, 0.1) is 6.42 Å². The third kappa shape index (κ3) is 2.88. The van der Waals surface area contributed by atoms with Gasteiger partial charge in [-0.2, -0.15) is 0 Å². The average Bonchev–Trinajstić information content (AvgIpc) is 2.68. The molecule has 1 N–H and O–H groups in total. The fourth-order valence-electron chi connectivity index (χ4n) is 2.75. The van der Waals surface area contributed by atoms with Crippen LogP contribution >= 0.6 is 0 Å². The number of nitrogens with zero attached hydrogens (tertiary/aromatic N) is 1. The summed E-state index contributed by atoms with van der Waals surface area (Å²) in [6, 6.07) is 6.76. The quantitative estimate of drug-likeness (QED) is 0.894. The first-order valence-electron chi connectivity index (χ1n) is 6.29. The SMILES string of the molecule is CC1CCN(CCC(=O)O)C1c1cccc(F)c1. The average molecular weight is 251 g/mol. The van der Waals surface area contributed by atoms with Crippen molar-refractivity contribution in [3.8, 4) is 0 Å². The lowest BCUT2D eigenvalue weighted by Crippen LogP contribution is -2.27. The molecule has 2 rings (SSSR count). The molecule has 1 heterocycles. The van der Waals surface area contributed by atoms with Crippen LogP contribution in [-0.2, 0) is 4.79 Å². The Hall–Kier alpha value is -1.42. The van der Waals surface area contributed by atoms with Crippen LogP contribution in [0.1, 0.15) is 31.4 Å². The summed E-state index contributed by atoms with van der Waals surface area (Å²) in [5, 5.41) is 8.75. The van der Waals surface area contributed by atoms with Gasteiger partial charge in [-0.05, 0) is 36.6 Å². The van der Waals surface area contributed by atoms with Crippen molar-refractivity contribution in [1.29, 1.82) is 0 Å². The number of benzene rings is 1. The zero-order valence-electron chi connectivity index (χ0n) is 10.5. The van der Waals surface area contributed by atoms with E-state index in [4.69, 9.17) is 5.11 Å². The molecule has 1 aliphatic heterocycles. The summed E-state index contributed by atoms with van der Waals surface area (Å²) in [6.45, 7) is 3.55. The molecule has 0 spiro atoms. The van der Waals surface area contributed by atoms with Crippen molar-refractivity contribution in [2.75, 3.05) is 13.1 Å². The van der Waals surface area contributed by atoms with Crippen molar-refractivity contribution in [2.45, 2.75) is 25.8 Å². The maximum atomic E-state index is 13.3. The summed E-state index contributed by atoms with van der Waals surface area (Å²) < 4.78 is 13.3. The molecule has 0 bridgehead atoms. The lowest BCUT2D eigenvalue weighted by atomic mass is 9.95. The summed E-state index contributed by atoms with van der Waals surface area (Å²) in [6.07, 6.45) is 1.17. The molecule has 2 atom stereocenters. The van der Waals surface area contributed by atoms with Crippen molar-refractivity contribution in [3.05, 3.63) is 35.6 Å². The molecular weight excluding hydrogens is 233 g/mol. The van der Waals surface area contributed by atoms with Crippen LogP contribution in [0.25, 0.3) is 0 Å². The maximum Gasteiger partial charge on any atom is 0.304 e. The van der Waals surface area contributed by atoms with Gasteiger partial charge in [-0.15, -0.1) is 0 Å². The van der Waals surface area contributed by atoms with Crippen LogP contribution in [0.5, 0.6) is 0 Å². The number of rotatable bonds is 4. The smallest absolute Gasteiger partial charge is 0.304 e. The maximum absolute atomic E-state index is 13.3. The van der Waals surface area contributed by atoms with Crippen molar-refractivity contribution in [1.82, 2.24) is 4.90 Å². The zero-order valence-corrected chi connectivity index (χ0v) is 10.5. The van der Waals surface area contributed by atoms with Gasteiger partial charge in [0.15, 0.2) is 0 Å². The predicted molar refractivity (Wildman–Crippen MR) is 66.7 cm³/mol. The van der Waals surface area contributed by atoms with Gasteiger partial charge in [-0.1, -0.05) is 19.1 Å². The first kappa shape index (κ1) is 13.0. The zero-order chi connectivity index (χ0) is 13.1. The number of aliphatic carboxylic acids is 1. The van der Waals surface area contributed by atoms with Crippen molar-refractivity contribution >= 4 is 5.97 Å². The van der Waals surface area contributed by atoms with Crippen molar-refractivity contribution in [3.63, 3.8) is 0 Å². The van der Waals surface area contributed by atoms with Crippen LogP contribution in [0.15, 0.2) is 24.3 Å². The van der Waals surface area contributed by atoms with Crippen LogP contribution in [0.4, 0.5) is 4.39 Å². The van der Waals surface area contributed by atoms with E-state index in [1.807, 2.05) is 6.07 Å². The third-order valence-corrected chi connectivity index (χ3v) is 3.61. The topological polar surface area (TPSA) is 40.5 Å². The van der Waals surface area contributed by atoms with E-state index in [1.165, 1.54) is 6.07 Å². The Labute approximate surface area is 106 Å². The summed E-state index contributed by atoms with van der Waals surface area (Å²) in [5.41, 5.74) is 0.949. The highest BCUT2D eigenvalue weighted by Crippen LogP contribution is 2.36. The number of carboxylic acids is 1. The van der Waals surface area contributed by atoms with Crippen LogP contribution in [0.2, 0.25) is 0 Å². The van der Waals surface area contributed by atoms with Gasteiger partial charge >= 0.3 is 5.97 Å². The van der Waals surface area contributed by atoms with Gasteiger partial charge in [0, 0.05) is 12.6 Å². The Bertz CT molecular complexity index is 436. The monoisotopic (exact) mass is 251 g/mol. The Kier molecular flexibility index (Phi) is 3.97. The summed E-state index contributed by atoms with van der Waals surface area (Å²) >= 11 is 0. The number of likely N-dealkylation sites (tertiary alicyclic amines) is 1. The van der Waals surface area contributed by atoms with Gasteiger partial charge in [-0.3, -0.25) is 9.69 Å². The predicted octanol–water partition coefficient (Wildman–Crippen LogP) is 2.68. The van der Waals surface area contributed by atoms with Gasteiger partial charge < -0.3 is 5.11 Å². The molecule has 0 radical (unpaired) electrons. The van der Waals surface area contributed by atoms with Gasteiger partial charge in [-0.25, -0.2) is 4.39 Å². The first-order valence-corrected chi connectivity index (χ1v) is 6.29. The minimum atomic E-state index is -0.785. The Morgan fingerprint density at radius 3 is 3.00 bits per heavy atom. The molecule has 1 saturated heterocycles. The van der Waals surface area contributed by atoms with E-state index in [0.717, 1.165) is 18.5 Å². The van der Waals surface area contributed by atoms with E-state index in [1.54, 1.807) is 12.1 Å². The number of carboxylic acid groups (broad SMARTS) is 1. The number of hydrogen-bond donors (Lipinski definition) is 1. The summed E-state index contributed by atoms with van der Waals surface area (Å²) in [7, 11) is 0. The highest BCUT2D eigenvalue weighted by atomic mass is 19.1. The lowest BCUT2D eigenvalue weighted by molar-refractivity contribution is -0.137. The van der Waals surface area contributed by atoms with Crippen LogP contribution in [0, 0.1) is 11.7 Å². The highest BCUT2D eigenvalue weighted by molar-refractivity contribution is 5.66. The minimum absolute atomic E-state index is 0.137. The Balaban J connectivity index is 2.14. The van der Waals surface area contributed by atoms with Gasteiger partial charge in [0.25, 0.3) is 0 Å². The second kappa shape index (κ2) is 5.48. The molecule has 0 saturated carbocycles. The number of carbonyl (C=O) groups is 1. The van der Waals surface area contributed by atoms with Gasteiger partial charge in [0.2, 0.25) is 0 Å². The molecule has 1 aromatic rings. The van der Waals surface area contributed by atoms with Crippen molar-refractivity contribution < 1.29 is 14.3 Å². The molecule has 1 aromatic carbocycles. The van der Waals surface area contributed by atoms with Crippen molar-refractivity contribution in [2.24, 2.45) is 5.92 Å². The Morgan fingerprint density at radius 2 is 2.33 bits per heavy atom. The van der Waals surface area contributed by atoms with Crippen LogP contribution in [0.3, 0.4) is 0 Å². The second-order valence-corrected chi connectivity index (χ2v) is 4.95. The molecule has 98 valence electrons. The molecule has 2 unspecified atom stereocenters. The molecule has 0 aliphatic carbocycles. The molecule has 4 heteroatoms. The third-order valence-electron chi connectivity index (χ3n) is 3.61. The fraction of sp³-hybridized carbons (Fsp3) is 0.500. The fourth-order valence-corrected chi connectivity index (χ4v) is 2.75. The normalized spacial score (nSPS) is 24.3. The standard InChI is InChI=1S/C14H18FNO2/c1-10-5-7-16(8-6-13(17)18)14(10)11-3-2-4-12(15)9-11/h2-4,9-10,14H,5-8H2,1H3,(H,17,18). The second-order valence-electron chi connectivity index (χ2n) is 4.95. The molecule has 1 fully saturated rings. The van der Waals surface area contributed by atoms with Crippen LogP contribution < -0.4 is 0 Å². The van der Waals surface area contributed by atoms with E-state index < -0.39 is 5.97 Å². The number of hydrogen-bond acceptors (Lipinski definition) is 2. The lowest BCUT2D eigenvalue weighted by Gasteiger charge is -2.26. The molecule has 0 aromatic heterocycles. The molecular formula is C14H18FNO2. The van der Waals surface area contributed by atoms with Crippen LogP contribution in [-0.4, -0.2) is 29.1 Å². The molecule has 0 amide bonds. The minimum Gasteiger partial charge on any atom is -0.481 e. The molecule has 1 aliphatic rings. The van der Waals surface area contributed by atoms with E-state index >= 15 is 0 Å². The van der Waals surface area contributed by atoms with E-state index in [0.29, 0.717) is 12.5 Å². The molecule has 18 heavy (non-hydrogen) atoms.